The Bertz CT molecular complexity index is 1560. The number of carbonyl (C=O) groups is 1. The highest BCUT2D eigenvalue weighted by atomic mass is 32.1. The van der Waals surface area contributed by atoms with Crippen molar-refractivity contribution in [3.8, 4) is 11.1 Å². The summed E-state index contributed by atoms with van der Waals surface area (Å²) in [5.41, 5.74) is 4.27. The number of benzene rings is 3. The van der Waals surface area contributed by atoms with Crippen molar-refractivity contribution in [2.75, 3.05) is 5.01 Å². The van der Waals surface area contributed by atoms with Crippen molar-refractivity contribution in [1.82, 2.24) is 4.98 Å². The van der Waals surface area contributed by atoms with E-state index in [-0.39, 0.29) is 5.76 Å². The van der Waals surface area contributed by atoms with Gasteiger partial charge < -0.3 is 4.42 Å². The molecule has 0 saturated carbocycles. The molecule has 8 nitrogen and oxygen atoms in total. The molecule has 172 valence electrons. The third-order valence-corrected chi connectivity index (χ3v) is 6.23. The molecule has 9 heteroatoms. The lowest BCUT2D eigenvalue weighted by Gasteiger charge is -2.14. The number of aryl methyl sites for hydroxylation is 1. The van der Waals surface area contributed by atoms with E-state index in [4.69, 9.17) is 4.42 Å². The summed E-state index contributed by atoms with van der Waals surface area (Å²) in [7, 11) is 0. The van der Waals surface area contributed by atoms with Crippen LogP contribution in [-0.2, 0) is 0 Å². The number of thiazole rings is 1. The zero-order valence-corrected chi connectivity index (χ0v) is 19.3. The maximum Gasteiger partial charge on any atom is 0.433 e. The number of nitrogens with zero attached hydrogens (tertiary/aromatic N) is 4. The van der Waals surface area contributed by atoms with Crippen LogP contribution in [0.2, 0.25) is 0 Å². The summed E-state index contributed by atoms with van der Waals surface area (Å²) in [4.78, 5) is 28.4. The van der Waals surface area contributed by atoms with Gasteiger partial charge in [0.2, 0.25) is 5.13 Å². The van der Waals surface area contributed by atoms with Crippen LogP contribution in [0.3, 0.4) is 0 Å². The van der Waals surface area contributed by atoms with E-state index in [1.165, 1.54) is 34.7 Å². The first kappa shape index (κ1) is 22.2. The van der Waals surface area contributed by atoms with Gasteiger partial charge in [0.25, 0.3) is 5.91 Å². The smallest absolute Gasteiger partial charge is 0.400 e. The standard InChI is InChI=1S/C26H18N4O4S/c1-17-7-13-22-23(15-17)35-26(28-22)29(27-16-21-12-14-24(34-21)30(32)33)25(31)20-10-8-19(9-11-20)18-5-3-2-4-6-18/h2-16H,1H3/b27-16+. The summed E-state index contributed by atoms with van der Waals surface area (Å²) in [5.74, 6) is -0.653. The van der Waals surface area contributed by atoms with Crippen LogP contribution in [0.25, 0.3) is 21.3 Å². The first-order valence-electron chi connectivity index (χ1n) is 10.6. The molecule has 0 spiro atoms. The highest BCUT2D eigenvalue weighted by Gasteiger charge is 2.22. The van der Waals surface area contributed by atoms with E-state index in [2.05, 4.69) is 10.1 Å². The van der Waals surface area contributed by atoms with Crippen molar-refractivity contribution in [3.05, 3.63) is 112 Å². The second kappa shape index (κ2) is 9.32. The van der Waals surface area contributed by atoms with Crippen molar-refractivity contribution in [1.29, 1.82) is 0 Å². The number of anilines is 1. The van der Waals surface area contributed by atoms with Crippen molar-refractivity contribution in [3.63, 3.8) is 0 Å². The lowest BCUT2D eigenvalue weighted by molar-refractivity contribution is -0.402. The Kier molecular flexibility index (Phi) is 5.90. The van der Waals surface area contributed by atoms with Gasteiger partial charge in [0.1, 0.15) is 4.92 Å². The third kappa shape index (κ3) is 4.71. The zero-order valence-electron chi connectivity index (χ0n) is 18.5. The van der Waals surface area contributed by atoms with E-state index in [9.17, 15) is 14.9 Å². The molecule has 5 aromatic rings. The maximum absolute atomic E-state index is 13.5. The van der Waals surface area contributed by atoms with E-state index in [1.807, 2.05) is 67.6 Å². The van der Waals surface area contributed by atoms with Crippen LogP contribution < -0.4 is 5.01 Å². The van der Waals surface area contributed by atoms with Crippen LogP contribution in [0, 0.1) is 17.0 Å². The van der Waals surface area contributed by atoms with Crippen LogP contribution in [0.5, 0.6) is 0 Å². The largest absolute Gasteiger partial charge is 0.433 e. The molecule has 2 aromatic heterocycles. The summed E-state index contributed by atoms with van der Waals surface area (Å²) in [5, 5.41) is 16.8. The topological polar surface area (TPSA) is 102 Å². The van der Waals surface area contributed by atoms with Crippen LogP contribution in [0.15, 0.2) is 94.4 Å². The van der Waals surface area contributed by atoms with Crippen molar-refractivity contribution in [2.24, 2.45) is 5.10 Å². The quantitative estimate of drug-likeness (QED) is 0.157. The number of fused-ring (bicyclic) bond motifs is 1. The summed E-state index contributed by atoms with van der Waals surface area (Å²) >= 11 is 1.33. The molecule has 5 rings (SSSR count). The lowest BCUT2D eigenvalue weighted by atomic mass is 10.0. The molecule has 0 aliphatic heterocycles. The molecule has 1 amide bonds. The number of hydrogen-bond acceptors (Lipinski definition) is 7. The molecule has 0 aliphatic carbocycles. The molecular formula is C26H18N4O4S. The molecular weight excluding hydrogens is 464 g/mol. The van der Waals surface area contributed by atoms with Crippen LogP contribution in [-0.4, -0.2) is 22.0 Å². The van der Waals surface area contributed by atoms with E-state index >= 15 is 0 Å². The summed E-state index contributed by atoms with van der Waals surface area (Å²) in [6.07, 6.45) is 1.26. The number of amides is 1. The van der Waals surface area contributed by atoms with Crippen molar-refractivity contribution < 1.29 is 14.1 Å². The van der Waals surface area contributed by atoms with Gasteiger partial charge >= 0.3 is 5.88 Å². The third-order valence-electron chi connectivity index (χ3n) is 5.24. The van der Waals surface area contributed by atoms with E-state index in [0.717, 1.165) is 26.9 Å². The highest BCUT2D eigenvalue weighted by Crippen LogP contribution is 2.31. The highest BCUT2D eigenvalue weighted by molar-refractivity contribution is 7.22. The predicted molar refractivity (Wildman–Crippen MR) is 136 cm³/mol. The Balaban J connectivity index is 1.50. The molecule has 0 atom stereocenters. The molecule has 2 heterocycles. The van der Waals surface area contributed by atoms with Gasteiger partial charge in [0.15, 0.2) is 5.76 Å². The lowest BCUT2D eigenvalue weighted by Crippen LogP contribution is -2.25. The average Bonchev–Trinajstić information content (AvgIpc) is 3.52. The minimum atomic E-state index is -0.634. The van der Waals surface area contributed by atoms with Crippen molar-refractivity contribution in [2.45, 2.75) is 6.92 Å². The number of carbonyl (C=O) groups excluding carboxylic acids is 1. The second-order valence-corrected chi connectivity index (χ2v) is 8.71. The normalized spacial score (nSPS) is 11.2. The first-order valence-corrected chi connectivity index (χ1v) is 11.4. The number of furan rings is 1. The average molecular weight is 483 g/mol. The maximum atomic E-state index is 13.5. The SMILES string of the molecule is Cc1ccc2nc(N(/N=C/c3ccc([N+](=O)[O-])o3)C(=O)c3ccc(-c4ccccc4)cc3)sc2c1. The summed E-state index contributed by atoms with van der Waals surface area (Å²) < 4.78 is 6.07. The molecule has 35 heavy (non-hydrogen) atoms. The van der Waals surface area contributed by atoms with Crippen LogP contribution in [0.1, 0.15) is 21.7 Å². The fraction of sp³-hybridized carbons (Fsp3) is 0.0385. The minimum Gasteiger partial charge on any atom is -0.400 e. The molecule has 0 aliphatic rings. The number of aromatic nitrogens is 1. The molecule has 3 aromatic carbocycles. The van der Waals surface area contributed by atoms with E-state index in [0.29, 0.717) is 10.7 Å². The molecule has 0 bridgehead atoms. The summed E-state index contributed by atoms with van der Waals surface area (Å²) in [6.45, 7) is 1.98. The Morgan fingerprint density at radius 1 is 1.03 bits per heavy atom. The van der Waals surface area contributed by atoms with E-state index in [1.54, 1.807) is 12.1 Å². The fourth-order valence-corrected chi connectivity index (χ4v) is 4.50. The van der Waals surface area contributed by atoms with Gasteiger partial charge in [-0.1, -0.05) is 59.9 Å². The summed E-state index contributed by atoms with van der Waals surface area (Å²) in [6, 6.07) is 25.6. The van der Waals surface area contributed by atoms with Gasteiger partial charge in [0.05, 0.1) is 22.5 Å². The van der Waals surface area contributed by atoms with Gasteiger partial charge in [0, 0.05) is 5.56 Å². The monoisotopic (exact) mass is 482 g/mol. The molecule has 0 unspecified atom stereocenters. The number of hydrogen-bond donors (Lipinski definition) is 0. The Labute approximate surface area is 203 Å². The molecule has 0 radical (unpaired) electrons. The van der Waals surface area contributed by atoms with E-state index < -0.39 is 16.7 Å². The van der Waals surface area contributed by atoms with Crippen LogP contribution in [0.4, 0.5) is 11.0 Å². The predicted octanol–water partition coefficient (Wildman–Crippen LogP) is 6.45. The molecule has 0 fully saturated rings. The van der Waals surface area contributed by atoms with Gasteiger partial charge in [-0.25, -0.2) is 4.98 Å². The molecule has 0 N–H and O–H groups in total. The number of nitro groups is 1. The number of rotatable bonds is 6. The van der Waals surface area contributed by atoms with Gasteiger partial charge in [-0.15, -0.1) is 0 Å². The Morgan fingerprint density at radius 2 is 1.77 bits per heavy atom. The second-order valence-electron chi connectivity index (χ2n) is 7.71. The van der Waals surface area contributed by atoms with Gasteiger partial charge in [-0.05, 0) is 53.9 Å². The fourth-order valence-electron chi connectivity index (χ4n) is 3.48. The minimum absolute atomic E-state index is 0.144. The van der Waals surface area contributed by atoms with Gasteiger partial charge in [-0.3, -0.25) is 14.9 Å². The first-order chi connectivity index (χ1) is 17.0. The molecule has 0 saturated heterocycles. The Morgan fingerprint density at radius 3 is 2.49 bits per heavy atom. The number of hydrazone groups is 1. The van der Waals surface area contributed by atoms with Crippen LogP contribution >= 0.6 is 11.3 Å². The van der Waals surface area contributed by atoms with Gasteiger partial charge in [-0.2, -0.15) is 10.1 Å². The zero-order chi connectivity index (χ0) is 24.4. The van der Waals surface area contributed by atoms with Crippen molar-refractivity contribution >= 4 is 44.7 Å². The Hall–Kier alpha value is -4.63.